The molecular formula is C18H26N2O. The van der Waals surface area contributed by atoms with Gasteiger partial charge in [-0.25, -0.2) is 0 Å². The Hall–Kier alpha value is -1.53. The summed E-state index contributed by atoms with van der Waals surface area (Å²) in [6.07, 6.45) is 2.55. The van der Waals surface area contributed by atoms with Crippen molar-refractivity contribution in [1.29, 1.82) is 5.26 Å². The van der Waals surface area contributed by atoms with E-state index in [1.165, 1.54) is 18.4 Å². The first kappa shape index (κ1) is 15.9. The molecule has 1 aromatic rings. The molecule has 0 amide bonds. The number of methoxy groups -OCH3 is 1. The highest BCUT2D eigenvalue weighted by Gasteiger charge is 2.28. The molecule has 2 rings (SSSR count). The summed E-state index contributed by atoms with van der Waals surface area (Å²) in [7, 11) is 1.62. The zero-order valence-electron chi connectivity index (χ0n) is 13.6. The molecule has 3 nitrogen and oxygen atoms in total. The van der Waals surface area contributed by atoms with Crippen molar-refractivity contribution >= 4 is 0 Å². The lowest BCUT2D eigenvalue weighted by molar-refractivity contribution is 0.108. The molecule has 1 aliphatic rings. The molecule has 1 aromatic carbocycles. The first-order valence-corrected chi connectivity index (χ1v) is 7.73. The van der Waals surface area contributed by atoms with Gasteiger partial charge in [-0.2, -0.15) is 5.26 Å². The van der Waals surface area contributed by atoms with Crippen LogP contribution in [0, 0.1) is 22.7 Å². The lowest BCUT2D eigenvalue weighted by Gasteiger charge is -2.38. The highest BCUT2D eigenvalue weighted by atomic mass is 16.5. The summed E-state index contributed by atoms with van der Waals surface area (Å²) < 4.78 is 5.29. The van der Waals surface area contributed by atoms with Gasteiger partial charge in [-0.15, -0.1) is 0 Å². The lowest BCUT2D eigenvalue weighted by atomic mass is 9.75. The van der Waals surface area contributed by atoms with Gasteiger partial charge in [0.2, 0.25) is 0 Å². The standard InChI is InChI=1S/C18H26N2O/c1-18(2,3)16-7-9-20(10-8-16)13-14-5-6-15(12-19)17(11-14)21-4/h5-6,11,16H,7-10,13H2,1-4H3. The third-order valence-electron chi connectivity index (χ3n) is 4.60. The van der Waals surface area contributed by atoms with E-state index in [1.807, 2.05) is 18.2 Å². The minimum absolute atomic E-state index is 0.420. The molecule has 0 saturated carbocycles. The molecule has 0 aliphatic carbocycles. The lowest BCUT2D eigenvalue weighted by Crippen LogP contribution is -2.37. The van der Waals surface area contributed by atoms with Gasteiger partial charge in [0.1, 0.15) is 11.8 Å². The Morgan fingerprint density at radius 3 is 2.48 bits per heavy atom. The van der Waals surface area contributed by atoms with Gasteiger partial charge in [0.15, 0.2) is 0 Å². The average molecular weight is 286 g/mol. The molecule has 0 atom stereocenters. The number of hydrogen-bond acceptors (Lipinski definition) is 3. The molecule has 21 heavy (non-hydrogen) atoms. The first-order valence-electron chi connectivity index (χ1n) is 7.73. The van der Waals surface area contributed by atoms with Crippen molar-refractivity contribution in [2.75, 3.05) is 20.2 Å². The average Bonchev–Trinajstić information content (AvgIpc) is 2.46. The van der Waals surface area contributed by atoms with Crippen LogP contribution in [0.25, 0.3) is 0 Å². The van der Waals surface area contributed by atoms with Gasteiger partial charge in [-0.3, -0.25) is 4.90 Å². The van der Waals surface area contributed by atoms with Gasteiger partial charge in [0.05, 0.1) is 12.7 Å². The quantitative estimate of drug-likeness (QED) is 0.847. The Balaban J connectivity index is 1.97. The molecule has 1 saturated heterocycles. The second kappa shape index (κ2) is 6.49. The summed E-state index contributed by atoms with van der Waals surface area (Å²) in [5.74, 6) is 1.50. The van der Waals surface area contributed by atoms with Crippen LogP contribution < -0.4 is 4.74 Å². The third kappa shape index (κ3) is 3.98. The molecule has 0 spiro atoms. The molecule has 1 heterocycles. The van der Waals surface area contributed by atoms with Gasteiger partial charge in [-0.05, 0) is 55.0 Å². The summed E-state index contributed by atoms with van der Waals surface area (Å²) in [6.45, 7) is 10.3. The minimum atomic E-state index is 0.420. The zero-order valence-corrected chi connectivity index (χ0v) is 13.6. The van der Waals surface area contributed by atoms with Crippen molar-refractivity contribution in [2.24, 2.45) is 11.3 Å². The maximum absolute atomic E-state index is 9.03. The molecular weight excluding hydrogens is 260 g/mol. The second-order valence-corrected chi connectivity index (χ2v) is 7.06. The van der Waals surface area contributed by atoms with E-state index in [2.05, 4.69) is 31.7 Å². The summed E-state index contributed by atoms with van der Waals surface area (Å²) in [5, 5.41) is 9.03. The fourth-order valence-corrected chi connectivity index (χ4v) is 3.14. The van der Waals surface area contributed by atoms with Crippen LogP contribution in [0.2, 0.25) is 0 Å². The predicted molar refractivity (Wildman–Crippen MR) is 85.2 cm³/mol. The van der Waals surface area contributed by atoms with E-state index in [0.717, 1.165) is 25.6 Å². The number of hydrogen-bond donors (Lipinski definition) is 0. The normalized spacial score (nSPS) is 17.5. The van der Waals surface area contributed by atoms with Crippen LogP contribution in [0.1, 0.15) is 44.7 Å². The number of rotatable bonds is 3. The Bertz CT molecular complexity index is 517. The van der Waals surface area contributed by atoms with Crippen molar-refractivity contribution in [1.82, 2.24) is 4.90 Å². The van der Waals surface area contributed by atoms with E-state index >= 15 is 0 Å². The maximum Gasteiger partial charge on any atom is 0.136 e. The molecule has 0 bridgehead atoms. The van der Waals surface area contributed by atoms with Crippen LogP contribution in [0.15, 0.2) is 18.2 Å². The molecule has 0 radical (unpaired) electrons. The van der Waals surface area contributed by atoms with Crippen LogP contribution in [-0.4, -0.2) is 25.1 Å². The van der Waals surface area contributed by atoms with E-state index in [1.54, 1.807) is 7.11 Å². The van der Waals surface area contributed by atoms with Gasteiger partial charge in [-0.1, -0.05) is 26.8 Å². The van der Waals surface area contributed by atoms with Crippen LogP contribution in [0.4, 0.5) is 0 Å². The van der Waals surface area contributed by atoms with Crippen molar-refractivity contribution in [2.45, 2.75) is 40.2 Å². The fourth-order valence-electron chi connectivity index (χ4n) is 3.14. The van der Waals surface area contributed by atoms with Crippen molar-refractivity contribution in [3.8, 4) is 11.8 Å². The molecule has 0 N–H and O–H groups in total. The van der Waals surface area contributed by atoms with Crippen molar-refractivity contribution in [3.63, 3.8) is 0 Å². The van der Waals surface area contributed by atoms with Crippen LogP contribution in [0.5, 0.6) is 5.75 Å². The Morgan fingerprint density at radius 2 is 1.95 bits per heavy atom. The van der Waals surface area contributed by atoms with E-state index in [9.17, 15) is 0 Å². The Morgan fingerprint density at radius 1 is 1.29 bits per heavy atom. The van der Waals surface area contributed by atoms with Gasteiger partial charge in [0.25, 0.3) is 0 Å². The number of ether oxygens (including phenoxy) is 1. The van der Waals surface area contributed by atoms with E-state index in [0.29, 0.717) is 16.7 Å². The Labute approximate surface area is 128 Å². The molecule has 1 fully saturated rings. The summed E-state index contributed by atoms with van der Waals surface area (Å²) in [6, 6.07) is 8.05. The zero-order chi connectivity index (χ0) is 15.5. The first-order chi connectivity index (χ1) is 9.94. The molecule has 1 aliphatic heterocycles. The predicted octanol–water partition coefficient (Wildman–Crippen LogP) is 3.82. The topological polar surface area (TPSA) is 36.3 Å². The summed E-state index contributed by atoms with van der Waals surface area (Å²) in [4.78, 5) is 2.50. The number of benzene rings is 1. The monoisotopic (exact) mass is 286 g/mol. The maximum atomic E-state index is 9.03. The number of piperidine rings is 1. The molecule has 3 heteroatoms. The van der Waals surface area contributed by atoms with Crippen LogP contribution in [-0.2, 0) is 6.54 Å². The second-order valence-electron chi connectivity index (χ2n) is 7.06. The van der Waals surface area contributed by atoms with E-state index in [4.69, 9.17) is 10.00 Å². The van der Waals surface area contributed by atoms with E-state index in [-0.39, 0.29) is 0 Å². The highest BCUT2D eigenvalue weighted by molar-refractivity contribution is 5.45. The smallest absolute Gasteiger partial charge is 0.136 e. The highest BCUT2D eigenvalue weighted by Crippen LogP contribution is 2.34. The summed E-state index contributed by atoms with van der Waals surface area (Å²) in [5.41, 5.74) is 2.25. The van der Waals surface area contributed by atoms with Gasteiger partial charge < -0.3 is 4.74 Å². The summed E-state index contributed by atoms with van der Waals surface area (Å²) >= 11 is 0. The van der Waals surface area contributed by atoms with Crippen LogP contribution in [0.3, 0.4) is 0 Å². The molecule has 0 unspecified atom stereocenters. The van der Waals surface area contributed by atoms with Crippen LogP contribution >= 0.6 is 0 Å². The third-order valence-corrected chi connectivity index (χ3v) is 4.60. The fraction of sp³-hybridized carbons (Fsp3) is 0.611. The molecule has 0 aromatic heterocycles. The van der Waals surface area contributed by atoms with Crippen molar-refractivity contribution in [3.05, 3.63) is 29.3 Å². The van der Waals surface area contributed by atoms with Gasteiger partial charge in [0, 0.05) is 6.54 Å². The number of nitrogens with zero attached hydrogens (tertiary/aromatic N) is 2. The largest absolute Gasteiger partial charge is 0.495 e. The number of likely N-dealkylation sites (tertiary alicyclic amines) is 1. The van der Waals surface area contributed by atoms with Gasteiger partial charge >= 0.3 is 0 Å². The minimum Gasteiger partial charge on any atom is -0.495 e. The Kier molecular flexibility index (Phi) is 4.90. The van der Waals surface area contributed by atoms with E-state index < -0.39 is 0 Å². The SMILES string of the molecule is COc1cc(CN2CCC(C(C)(C)C)CC2)ccc1C#N. The number of nitriles is 1. The molecule has 114 valence electrons. The van der Waals surface area contributed by atoms with Crippen molar-refractivity contribution < 1.29 is 4.74 Å².